The highest BCUT2D eigenvalue weighted by atomic mass is 16.5. The Morgan fingerprint density at radius 3 is 2.42 bits per heavy atom. The molecule has 19 heavy (non-hydrogen) atoms. The third kappa shape index (κ3) is 2.14. The number of nitrogens with zero attached hydrogens (tertiary/aromatic N) is 1. The number of benzene rings is 1. The third-order valence-corrected chi connectivity index (χ3v) is 4.06. The molecule has 2 atom stereocenters. The third-order valence-electron chi connectivity index (χ3n) is 4.06. The molecule has 1 heterocycles. The molecule has 0 bridgehead atoms. The smallest absolute Gasteiger partial charge is 0.175 e. The molecule has 1 aromatic heterocycles. The van der Waals surface area contributed by atoms with Gasteiger partial charge in [-0.15, -0.1) is 0 Å². The Balaban J connectivity index is 1.99. The van der Waals surface area contributed by atoms with Crippen LogP contribution in [0.5, 0.6) is 0 Å². The van der Waals surface area contributed by atoms with E-state index in [9.17, 15) is 0 Å². The van der Waals surface area contributed by atoms with E-state index < -0.39 is 0 Å². The second-order valence-corrected chi connectivity index (χ2v) is 5.90. The molecule has 1 aromatic carbocycles. The van der Waals surface area contributed by atoms with Gasteiger partial charge in [-0.25, -0.2) is 0 Å². The van der Waals surface area contributed by atoms with Crippen LogP contribution in [0.25, 0.3) is 11.1 Å². The van der Waals surface area contributed by atoms with Gasteiger partial charge in [0, 0.05) is 5.92 Å². The number of hydrogen-bond donors (Lipinski definition) is 1. The lowest BCUT2D eigenvalue weighted by Gasteiger charge is -2.07. The molecule has 0 radical (unpaired) electrons. The van der Waals surface area contributed by atoms with Crippen molar-refractivity contribution in [3.05, 3.63) is 35.6 Å². The van der Waals surface area contributed by atoms with Crippen LogP contribution in [0.4, 0.5) is 5.82 Å². The lowest BCUT2D eigenvalue weighted by Crippen LogP contribution is -1.92. The van der Waals surface area contributed by atoms with Crippen molar-refractivity contribution in [2.75, 3.05) is 5.73 Å². The highest BCUT2D eigenvalue weighted by molar-refractivity contribution is 5.76. The fraction of sp³-hybridized carbons (Fsp3) is 0.438. The molecule has 1 fully saturated rings. The quantitative estimate of drug-likeness (QED) is 0.896. The Bertz CT molecular complexity index is 583. The molecule has 0 spiro atoms. The largest absolute Gasteiger partial charge is 0.380 e. The number of aromatic nitrogens is 1. The van der Waals surface area contributed by atoms with E-state index in [-0.39, 0.29) is 0 Å². The zero-order valence-corrected chi connectivity index (χ0v) is 11.7. The van der Waals surface area contributed by atoms with E-state index in [0.717, 1.165) is 16.9 Å². The van der Waals surface area contributed by atoms with Crippen molar-refractivity contribution in [1.29, 1.82) is 0 Å². The molecule has 2 unspecified atom stereocenters. The maximum absolute atomic E-state index is 5.98. The van der Waals surface area contributed by atoms with Gasteiger partial charge in [0.15, 0.2) is 5.82 Å². The van der Waals surface area contributed by atoms with Crippen molar-refractivity contribution in [3.8, 4) is 11.1 Å². The minimum absolute atomic E-state index is 0.490. The summed E-state index contributed by atoms with van der Waals surface area (Å²) < 4.78 is 5.45. The van der Waals surface area contributed by atoms with Crippen LogP contribution in [0, 0.1) is 5.92 Å². The van der Waals surface area contributed by atoms with Crippen molar-refractivity contribution in [2.45, 2.75) is 39.0 Å². The predicted octanol–water partition coefficient (Wildman–Crippen LogP) is 4.17. The second-order valence-electron chi connectivity index (χ2n) is 5.90. The molecule has 2 N–H and O–H groups in total. The van der Waals surface area contributed by atoms with Gasteiger partial charge in [-0.1, -0.05) is 50.2 Å². The average Bonchev–Trinajstić information content (AvgIpc) is 2.98. The van der Waals surface area contributed by atoms with Crippen molar-refractivity contribution in [2.24, 2.45) is 5.92 Å². The van der Waals surface area contributed by atoms with E-state index >= 15 is 0 Å². The van der Waals surface area contributed by atoms with Crippen LogP contribution in [-0.4, -0.2) is 5.16 Å². The highest BCUT2D eigenvalue weighted by Crippen LogP contribution is 2.51. The zero-order chi connectivity index (χ0) is 13.6. The van der Waals surface area contributed by atoms with E-state index in [1.54, 1.807) is 0 Å². The minimum Gasteiger partial charge on any atom is -0.380 e. The van der Waals surface area contributed by atoms with Crippen molar-refractivity contribution in [3.63, 3.8) is 0 Å². The van der Waals surface area contributed by atoms with Gasteiger partial charge < -0.3 is 10.3 Å². The summed E-state index contributed by atoms with van der Waals surface area (Å²) in [4.78, 5) is 0. The lowest BCUT2D eigenvalue weighted by atomic mass is 9.98. The SMILES string of the molecule is CC(C)c1ccc(-c2c(N)noc2C2CC2C)cc1. The first-order valence-electron chi connectivity index (χ1n) is 6.93. The number of rotatable bonds is 3. The molecule has 0 aliphatic heterocycles. The molecule has 1 aliphatic carbocycles. The maximum atomic E-state index is 5.98. The maximum Gasteiger partial charge on any atom is 0.175 e. The Morgan fingerprint density at radius 2 is 1.89 bits per heavy atom. The monoisotopic (exact) mass is 256 g/mol. The Kier molecular flexibility index (Phi) is 2.85. The number of hydrogen-bond acceptors (Lipinski definition) is 3. The van der Waals surface area contributed by atoms with Crippen molar-refractivity contribution >= 4 is 5.82 Å². The van der Waals surface area contributed by atoms with Gasteiger partial charge in [0.2, 0.25) is 0 Å². The molecule has 2 aromatic rings. The zero-order valence-electron chi connectivity index (χ0n) is 11.7. The van der Waals surface area contributed by atoms with E-state index in [4.69, 9.17) is 10.3 Å². The summed E-state index contributed by atoms with van der Waals surface area (Å²) in [5.74, 6) is 3.18. The fourth-order valence-electron chi connectivity index (χ4n) is 2.58. The Hall–Kier alpha value is -1.77. The van der Waals surface area contributed by atoms with E-state index in [1.807, 2.05) is 0 Å². The van der Waals surface area contributed by atoms with Gasteiger partial charge in [-0.3, -0.25) is 0 Å². The summed E-state index contributed by atoms with van der Waals surface area (Å²) in [6.07, 6.45) is 1.17. The van der Waals surface area contributed by atoms with Crippen LogP contribution in [0.2, 0.25) is 0 Å². The highest BCUT2D eigenvalue weighted by Gasteiger charge is 2.40. The molecular weight excluding hydrogens is 236 g/mol. The van der Waals surface area contributed by atoms with Gasteiger partial charge in [0.25, 0.3) is 0 Å². The summed E-state index contributed by atoms with van der Waals surface area (Å²) in [5.41, 5.74) is 9.41. The van der Waals surface area contributed by atoms with Crippen molar-refractivity contribution in [1.82, 2.24) is 5.16 Å². The first kappa shape index (κ1) is 12.3. The molecule has 0 saturated heterocycles. The number of nitrogens with two attached hydrogens (primary N) is 1. The van der Waals surface area contributed by atoms with Crippen LogP contribution in [0.15, 0.2) is 28.8 Å². The normalized spacial score (nSPS) is 21.9. The Morgan fingerprint density at radius 1 is 1.26 bits per heavy atom. The lowest BCUT2D eigenvalue weighted by molar-refractivity contribution is 0.384. The van der Waals surface area contributed by atoms with Gasteiger partial charge in [0.1, 0.15) is 5.76 Å². The number of anilines is 1. The molecule has 3 rings (SSSR count). The summed E-state index contributed by atoms with van der Waals surface area (Å²) in [7, 11) is 0. The summed E-state index contributed by atoms with van der Waals surface area (Å²) in [6, 6.07) is 8.56. The van der Waals surface area contributed by atoms with Crippen LogP contribution in [-0.2, 0) is 0 Å². The summed E-state index contributed by atoms with van der Waals surface area (Å²) in [5, 5.41) is 3.95. The standard InChI is InChI=1S/C16H20N2O/c1-9(2)11-4-6-12(7-5-11)14-15(13-8-10(13)3)19-18-16(14)17/h4-7,9-10,13H,8H2,1-3H3,(H2,17,18). The Labute approximate surface area is 113 Å². The predicted molar refractivity (Wildman–Crippen MR) is 77.0 cm³/mol. The average molecular weight is 256 g/mol. The molecular formula is C16H20N2O. The molecule has 100 valence electrons. The van der Waals surface area contributed by atoms with Crippen LogP contribution < -0.4 is 5.73 Å². The number of nitrogen functional groups attached to an aromatic ring is 1. The molecule has 0 amide bonds. The second kappa shape index (κ2) is 4.41. The first-order valence-corrected chi connectivity index (χ1v) is 6.93. The van der Waals surface area contributed by atoms with Gasteiger partial charge in [-0.05, 0) is 29.4 Å². The van der Waals surface area contributed by atoms with Crippen molar-refractivity contribution < 1.29 is 4.52 Å². The van der Waals surface area contributed by atoms with Gasteiger partial charge in [0.05, 0.1) is 5.56 Å². The summed E-state index contributed by atoms with van der Waals surface area (Å²) >= 11 is 0. The van der Waals surface area contributed by atoms with Crippen LogP contribution in [0.3, 0.4) is 0 Å². The minimum atomic E-state index is 0.490. The summed E-state index contributed by atoms with van der Waals surface area (Å²) in [6.45, 7) is 6.62. The van der Waals surface area contributed by atoms with Crippen LogP contribution >= 0.6 is 0 Å². The van der Waals surface area contributed by atoms with E-state index in [0.29, 0.717) is 23.6 Å². The molecule has 3 heteroatoms. The van der Waals surface area contributed by atoms with Crippen LogP contribution in [0.1, 0.15) is 50.4 Å². The molecule has 1 aliphatic rings. The first-order chi connectivity index (χ1) is 9.08. The van der Waals surface area contributed by atoms with E-state index in [2.05, 4.69) is 50.2 Å². The van der Waals surface area contributed by atoms with E-state index in [1.165, 1.54) is 12.0 Å². The molecule has 3 nitrogen and oxygen atoms in total. The van der Waals surface area contributed by atoms with Gasteiger partial charge >= 0.3 is 0 Å². The fourth-order valence-corrected chi connectivity index (χ4v) is 2.58. The molecule has 1 saturated carbocycles. The topological polar surface area (TPSA) is 52.0 Å². The van der Waals surface area contributed by atoms with Gasteiger partial charge in [-0.2, -0.15) is 0 Å².